The number of nitrogens with zero attached hydrogens (tertiary/aromatic N) is 2. The number of nitro groups is 1. The summed E-state index contributed by atoms with van der Waals surface area (Å²) in [4.78, 5) is 26.0. The van der Waals surface area contributed by atoms with Crippen LogP contribution in [0.15, 0.2) is 72.8 Å². The lowest BCUT2D eigenvalue weighted by molar-refractivity contribution is -0.385. The zero-order valence-electron chi connectivity index (χ0n) is 16.9. The van der Waals surface area contributed by atoms with Crippen molar-refractivity contribution in [3.05, 3.63) is 99.6 Å². The highest BCUT2D eigenvalue weighted by Gasteiger charge is 2.34. The first-order valence-electron chi connectivity index (χ1n) is 9.95. The Morgan fingerprint density at radius 2 is 1.77 bits per heavy atom. The molecule has 0 saturated heterocycles. The summed E-state index contributed by atoms with van der Waals surface area (Å²) in [6, 6.07) is 22.5. The summed E-state index contributed by atoms with van der Waals surface area (Å²) >= 11 is 0. The molecule has 6 nitrogen and oxygen atoms in total. The Hall–Kier alpha value is -3.67. The van der Waals surface area contributed by atoms with E-state index in [0.717, 1.165) is 23.4 Å². The molecule has 0 aliphatic carbocycles. The van der Waals surface area contributed by atoms with Crippen molar-refractivity contribution in [1.82, 2.24) is 0 Å². The first kappa shape index (κ1) is 19.6. The van der Waals surface area contributed by atoms with Crippen LogP contribution in [0.3, 0.4) is 0 Å². The third-order valence-electron chi connectivity index (χ3n) is 5.58. The number of para-hydroxylation sites is 2. The first-order valence-corrected chi connectivity index (χ1v) is 9.95. The number of nitrogens with one attached hydrogen (secondary N) is 1. The highest BCUT2D eigenvalue weighted by Crippen LogP contribution is 2.39. The van der Waals surface area contributed by atoms with Crippen molar-refractivity contribution < 1.29 is 9.72 Å². The number of anilines is 2. The molecule has 4 rings (SSSR count). The van der Waals surface area contributed by atoms with Gasteiger partial charge in [0.1, 0.15) is 0 Å². The van der Waals surface area contributed by atoms with Gasteiger partial charge in [-0.25, -0.2) is 0 Å². The molecule has 0 unspecified atom stereocenters. The van der Waals surface area contributed by atoms with Gasteiger partial charge < -0.3 is 10.2 Å². The standard InChI is InChI=1S/C24H23N3O3/c1-16-12-13-18(15-23(16)27(29)30)24(28)26-17(2)14-21(20-10-6-7-11-22(20)26)25-19-8-4-3-5-9-19/h3-13,15,17,21,25H,14H2,1-2H3/t17-,21+/m0/s1. The number of amides is 1. The van der Waals surface area contributed by atoms with Crippen LogP contribution in [0.25, 0.3) is 0 Å². The lowest BCUT2D eigenvalue weighted by Gasteiger charge is -2.40. The molecule has 1 heterocycles. The molecule has 1 N–H and O–H groups in total. The van der Waals surface area contributed by atoms with Crippen LogP contribution in [0.4, 0.5) is 17.1 Å². The normalized spacial score (nSPS) is 17.9. The van der Waals surface area contributed by atoms with Crippen molar-refractivity contribution in [1.29, 1.82) is 0 Å². The van der Waals surface area contributed by atoms with Crippen molar-refractivity contribution in [2.75, 3.05) is 10.2 Å². The maximum atomic E-state index is 13.4. The van der Waals surface area contributed by atoms with Gasteiger partial charge in [0.15, 0.2) is 0 Å². The van der Waals surface area contributed by atoms with Gasteiger partial charge in [-0.05, 0) is 50.1 Å². The van der Waals surface area contributed by atoms with E-state index in [4.69, 9.17) is 0 Å². The molecule has 30 heavy (non-hydrogen) atoms. The molecule has 0 aromatic heterocycles. The summed E-state index contributed by atoms with van der Waals surface area (Å²) in [6.45, 7) is 3.68. The molecule has 1 aliphatic rings. The number of benzene rings is 3. The average molecular weight is 401 g/mol. The fourth-order valence-corrected chi connectivity index (χ4v) is 4.07. The van der Waals surface area contributed by atoms with Crippen molar-refractivity contribution in [2.24, 2.45) is 0 Å². The smallest absolute Gasteiger partial charge is 0.273 e. The minimum atomic E-state index is -0.445. The minimum Gasteiger partial charge on any atom is -0.378 e. The van der Waals surface area contributed by atoms with Crippen LogP contribution in [0.1, 0.15) is 40.9 Å². The predicted octanol–water partition coefficient (Wildman–Crippen LogP) is 5.50. The van der Waals surface area contributed by atoms with Gasteiger partial charge in [-0.1, -0.05) is 42.5 Å². The number of fused-ring (bicyclic) bond motifs is 1. The number of carbonyl (C=O) groups excluding carboxylic acids is 1. The van der Waals surface area contributed by atoms with Crippen LogP contribution in [-0.2, 0) is 0 Å². The Kier molecular flexibility index (Phi) is 5.23. The molecule has 0 saturated carbocycles. The molecule has 1 amide bonds. The van der Waals surface area contributed by atoms with Gasteiger partial charge in [-0.15, -0.1) is 0 Å². The van der Waals surface area contributed by atoms with Crippen LogP contribution in [-0.4, -0.2) is 16.9 Å². The Balaban J connectivity index is 1.70. The van der Waals surface area contributed by atoms with Crippen LogP contribution >= 0.6 is 0 Å². The Labute approximate surface area is 175 Å². The second kappa shape index (κ2) is 7.99. The number of rotatable bonds is 4. The molecular weight excluding hydrogens is 378 g/mol. The monoisotopic (exact) mass is 401 g/mol. The quantitative estimate of drug-likeness (QED) is 0.463. The number of hydrogen-bond donors (Lipinski definition) is 1. The van der Waals surface area contributed by atoms with E-state index in [1.807, 2.05) is 61.5 Å². The molecule has 3 aromatic carbocycles. The molecule has 0 radical (unpaired) electrons. The van der Waals surface area contributed by atoms with Crippen LogP contribution in [0.5, 0.6) is 0 Å². The second-order valence-electron chi connectivity index (χ2n) is 7.64. The average Bonchev–Trinajstić information content (AvgIpc) is 2.74. The summed E-state index contributed by atoms with van der Waals surface area (Å²) in [6.07, 6.45) is 0.728. The van der Waals surface area contributed by atoms with E-state index in [1.54, 1.807) is 24.0 Å². The van der Waals surface area contributed by atoms with Gasteiger partial charge in [-0.2, -0.15) is 0 Å². The maximum absolute atomic E-state index is 13.4. The van der Waals surface area contributed by atoms with E-state index < -0.39 is 4.92 Å². The topological polar surface area (TPSA) is 75.5 Å². The van der Waals surface area contributed by atoms with Crippen LogP contribution < -0.4 is 10.2 Å². The molecule has 1 aliphatic heterocycles. The molecule has 152 valence electrons. The van der Waals surface area contributed by atoms with E-state index in [-0.39, 0.29) is 23.7 Å². The number of aryl methyl sites for hydroxylation is 1. The Morgan fingerprint density at radius 1 is 1.07 bits per heavy atom. The zero-order valence-corrected chi connectivity index (χ0v) is 16.9. The number of nitro benzene ring substituents is 1. The van der Waals surface area contributed by atoms with Gasteiger partial charge in [0.05, 0.1) is 11.0 Å². The maximum Gasteiger partial charge on any atom is 0.273 e. The van der Waals surface area contributed by atoms with Crippen LogP contribution in [0, 0.1) is 17.0 Å². The van der Waals surface area contributed by atoms with E-state index in [2.05, 4.69) is 5.32 Å². The third-order valence-corrected chi connectivity index (χ3v) is 5.58. The Morgan fingerprint density at radius 3 is 2.50 bits per heavy atom. The summed E-state index contributed by atoms with van der Waals surface area (Å²) in [5, 5.41) is 14.9. The SMILES string of the molecule is Cc1ccc(C(=O)N2c3ccccc3[C@H](Nc3ccccc3)C[C@@H]2C)cc1[N+](=O)[O-]. The Bertz CT molecular complexity index is 1100. The molecule has 0 fully saturated rings. The lowest BCUT2D eigenvalue weighted by atomic mass is 9.90. The van der Waals surface area contributed by atoms with Crippen molar-refractivity contribution in [3.63, 3.8) is 0 Å². The molecule has 2 atom stereocenters. The molecule has 0 bridgehead atoms. The van der Waals surface area contributed by atoms with Gasteiger partial charge in [-0.3, -0.25) is 14.9 Å². The van der Waals surface area contributed by atoms with E-state index >= 15 is 0 Å². The predicted molar refractivity (Wildman–Crippen MR) is 118 cm³/mol. The summed E-state index contributed by atoms with van der Waals surface area (Å²) < 4.78 is 0. The van der Waals surface area contributed by atoms with Crippen LogP contribution in [0.2, 0.25) is 0 Å². The largest absolute Gasteiger partial charge is 0.378 e. The summed E-state index contributed by atoms with van der Waals surface area (Å²) in [7, 11) is 0. The van der Waals surface area contributed by atoms with Crippen molar-refractivity contribution in [2.45, 2.75) is 32.4 Å². The lowest BCUT2D eigenvalue weighted by Crippen LogP contribution is -2.44. The first-order chi connectivity index (χ1) is 14.5. The number of hydrogen-bond acceptors (Lipinski definition) is 4. The molecule has 0 spiro atoms. The highest BCUT2D eigenvalue weighted by molar-refractivity contribution is 6.07. The van der Waals surface area contributed by atoms with Crippen molar-refractivity contribution >= 4 is 23.0 Å². The van der Waals surface area contributed by atoms with Crippen molar-refractivity contribution in [3.8, 4) is 0 Å². The minimum absolute atomic E-state index is 0.0394. The number of carbonyl (C=O) groups is 1. The molecule has 3 aromatic rings. The van der Waals surface area contributed by atoms with E-state index in [9.17, 15) is 14.9 Å². The molecular formula is C24H23N3O3. The van der Waals surface area contributed by atoms with E-state index in [0.29, 0.717) is 11.1 Å². The van der Waals surface area contributed by atoms with Gasteiger partial charge in [0, 0.05) is 34.6 Å². The van der Waals surface area contributed by atoms with Gasteiger partial charge >= 0.3 is 0 Å². The van der Waals surface area contributed by atoms with Gasteiger partial charge in [0.25, 0.3) is 11.6 Å². The summed E-state index contributed by atoms with van der Waals surface area (Å²) in [5.41, 5.74) is 3.72. The second-order valence-corrected chi connectivity index (χ2v) is 7.64. The summed E-state index contributed by atoms with van der Waals surface area (Å²) in [5.74, 6) is -0.226. The van der Waals surface area contributed by atoms with Gasteiger partial charge in [0.2, 0.25) is 0 Å². The third kappa shape index (κ3) is 3.64. The zero-order chi connectivity index (χ0) is 21.3. The van der Waals surface area contributed by atoms with E-state index in [1.165, 1.54) is 6.07 Å². The fraction of sp³-hybridized carbons (Fsp3) is 0.208. The fourth-order valence-electron chi connectivity index (χ4n) is 4.07. The highest BCUT2D eigenvalue weighted by atomic mass is 16.6. The molecule has 6 heteroatoms.